The van der Waals surface area contributed by atoms with Crippen LogP contribution in [0.15, 0.2) is 60.6 Å². The fourth-order valence-electron chi connectivity index (χ4n) is 3.94. The first-order valence-electron chi connectivity index (χ1n) is 12.0. The Morgan fingerprint density at radius 1 is 1.10 bits per heavy atom. The van der Waals surface area contributed by atoms with Crippen LogP contribution in [0.2, 0.25) is 0 Å². The van der Waals surface area contributed by atoms with Crippen molar-refractivity contribution in [3.63, 3.8) is 0 Å². The van der Waals surface area contributed by atoms with Crippen molar-refractivity contribution in [3.05, 3.63) is 77.8 Å². The number of cyclic esters (lactones) is 1. The molecule has 2 aromatic carbocycles. The van der Waals surface area contributed by atoms with Crippen LogP contribution in [0.25, 0.3) is 0 Å². The third-order valence-corrected chi connectivity index (χ3v) is 7.06. The van der Waals surface area contributed by atoms with Gasteiger partial charge in [0.1, 0.15) is 12.4 Å². The van der Waals surface area contributed by atoms with Gasteiger partial charge in [0, 0.05) is 16.8 Å². The molecule has 1 aliphatic rings. The molecule has 13 heteroatoms. The molecule has 0 radical (unpaired) electrons. The average molecular weight is 559 g/mol. The van der Waals surface area contributed by atoms with E-state index in [1.165, 1.54) is 23.1 Å². The van der Waals surface area contributed by atoms with Crippen molar-refractivity contribution in [3.8, 4) is 0 Å². The van der Waals surface area contributed by atoms with E-state index in [-0.39, 0.29) is 42.1 Å². The Kier molecular flexibility index (Phi) is 8.00. The van der Waals surface area contributed by atoms with Crippen LogP contribution in [0.5, 0.6) is 0 Å². The van der Waals surface area contributed by atoms with E-state index in [4.69, 9.17) is 4.74 Å². The lowest BCUT2D eigenvalue weighted by molar-refractivity contribution is 0.177. The van der Waals surface area contributed by atoms with Crippen LogP contribution in [-0.4, -0.2) is 37.1 Å². The van der Waals surface area contributed by atoms with Gasteiger partial charge in [0.25, 0.3) is 10.0 Å². The van der Waals surface area contributed by atoms with Crippen molar-refractivity contribution in [2.45, 2.75) is 32.9 Å². The van der Waals surface area contributed by atoms with Crippen molar-refractivity contribution in [1.29, 1.82) is 0 Å². The SMILES string of the molecule is C=CS(=O)(=O)Nc1ccc(Nc2ccc([C@H](C)Nc3ncc(F)c(N4C(=O)OC[C@@H]4C(C)C)n3)cc2)cc1F. The van der Waals surface area contributed by atoms with Gasteiger partial charge in [-0.1, -0.05) is 32.6 Å². The molecule has 0 unspecified atom stereocenters. The summed E-state index contributed by atoms with van der Waals surface area (Å²) in [7, 11) is -3.82. The number of halogens is 2. The van der Waals surface area contributed by atoms with Gasteiger partial charge >= 0.3 is 6.09 Å². The van der Waals surface area contributed by atoms with Crippen LogP contribution in [0.1, 0.15) is 32.4 Å². The standard InChI is InChI=1S/C26H28F2N6O4S/c1-5-39(36,37)33-22-11-10-19(12-20(22)27)31-18-8-6-17(7-9-18)16(4)30-25-29-13-21(28)24(32-25)34-23(15(2)3)14-38-26(34)35/h5-13,15-16,23,31,33H,1,14H2,2-4H3,(H,29,30,32)/t16-,23+/m0/s1. The van der Waals surface area contributed by atoms with Gasteiger partial charge < -0.3 is 15.4 Å². The predicted octanol–water partition coefficient (Wildman–Crippen LogP) is 5.54. The normalized spacial score (nSPS) is 16.1. The molecule has 1 fully saturated rings. The summed E-state index contributed by atoms with van der Waals surface area (Å²) in [5.74, 6) is -1.44. The monoisotopic (exact) mass is 558 g/mol. The number of carbonyl (C=O) groups is 1. The number of aromatic nitrogens is 2. The summed E-state index contributed by atoms with van der Waals surface area (Å²) in [5.41, 5.74) is 1.75. The summed E-state index contributed by atoms with van der Waals surface area (Å²) in [4.78, 5) is 21.8. The highest BCUT2D eigenvalue weighted by molar-refractivity contribution is 7.95. The van der Waals surface area contributed by atoms with Gasteiger partial charge in [-0.15, -0.1) is 0 Å². The zero-order valence-corrected chi connectivity index (χ0v) is 22.3. The molecule has 1 aliphatic heterocycles. The summed E-state index contributed by atoms with van der Waals surface area (Å²) < 4.78 is 59.3. The highest BCUT2D eigenvalue weighted by Crippen LogP contribution is 2.29. The Bertz CT molecular complexity index is 1480. The maximum absolute atomic E-state index is 14.6. The van der Waals surface area contributed by atoms with Gasteiger partial charge in [0.05, 0.1) is 24.0 Å². The number of hydrogen-bond acceptors (Lipinski definition) is 8. The first-order chi connectivity index (χ1) is 18.5. The molecular weight excluding hydrogens is 530 g/mol. The van der Waals surface area contributed by atoms with Gasteiger partial charge in [0.2, 0.25) is 5.95 Å². The highest BCUT2D eigenvalue weighted by Gasteiger charge is 2.38. The number of sulfonamides is 1. The van der Waals surface area contributed by atoms with E-state index >= 15 is 0 Å². The van der Waals surface area contributed by atoms with Gasteiger partial charge in [-0.05, 0) is 48.7 Å². The third-order valence-electron chi connectivity index (χ3n) is 6.11. The first-order valence-corrected chi connectivity index (χ1v) is 13.6. The molecule has 4 rings (SSSR count). The van der Waals surface area contributed by atoms with Crippen molar-refractivity contribution in [2.24, 2.45) is 5.92 Å². The fourth-order valence-corrected chi connectivity index (χ4v) is 4.49. The number of rotatable bonds is 10. The topological polar surface area (TPSA) is 126 Å². The maximum Gasteiger partial charge on any atom is 0.416 e. The number of carbonyl (C=O) groups excluding carboxylic acids is 1. The van der Waals surface area contributed by atoms with Crippen molar-refractivity contribution < 1.29 is 26.7 Å². The van der Waals surface area contributed by atoms with Gasteiger partial charge in [0.15, 0.2) is 11.6 Å². The molecule has 2 atom stereocenters. The van der Waals surface area contributed by atoms with Crippen LogP contribution in [-0.2, 0) is 14.8 Å². The number of amides is 1. The van der Waals surface area contributed by atoms with Gasteiger partial charge in [-0.3, -0.25) is 9.62 Å². The van der Waals surface area contributed by atoms with Crippen LogP contribution >= 0.6 is 0 Å². The predicted molar refractivity (Wildman–Crippen MR) is 145 cm³/mol. The minimum Gasteiger partial charge on any atom is -0.447 e. The molecule has 2 heterocycles. The van der Waals surface area contributed by atoms with E-state index in [1.54, 1.807) is 12.1 Å². The average Bonchev–Trinajstić information content (AvgIpc) is 3.28. The second-order valence-electron chi connectivity index (χ2n) is 9.24. The summed E-state index contributed by atoms with van der Waals surface area (Å²) in [6.07, 6.45) is 0.362. The minimum atomic E-state index is -3.82. The summed E-state index contributed by atoms with van der Waals surface area (Å²) in [5, 5.41) is 6.86. The van der Waals surface area contributed by atoms with Gasteiger partial charge in [-0.2, -0.15) is 4.98 Å². The van der Waals surface area contributed by atoms with E-state index < -0.39 is 27.8 Å². The van der Waals surface area contributed by atoms with Crippen molar-refractivity contribution >= 4 is 44.9 Å². The third kappa shape index (κ3) is 6.42. The number of ether oxygens (including phenoxy) is 1. The fraction of sp³-hybridized carbons (Fsp3) is 0.269. The van der Waals surface area contributed by atoms with Crippen LogP contribution in [0, 0.1) is 17.6 Å². The zero-order valence-electron chi connectivity index (χ0n) is 21.5. The molecule has 10 nitrogen and oxygen atoms in total. The molecule has 0 spiro atoms. The van der Waals surface area contributed by atoms with E-state index in [2.05, 4.69) is 31.9 Å². The summed E-state index contributed by atoms with van der Waals surface area (Å²) in [6, 6.07) is 10.6. The summed E-state index contributed by atoms with van der Waals surface area (Å²) in [6.45, 7) is 9.03. The lowest BCUT2D eigenvalue weighted by Crippen LogP contribution is -2.38. The lowest BCUT2D eigenvalue weighted by atomic mass is 10.0. The lowest BCUT2D eigenvalue weighted by Gasteiger charge is -2.24. The van der Waals surface area contributed by atoms with Crippen LogP contribution in [0.3, 0.4) is 0 Å². The van der Waals surface area contributed by atoms with E-state index in [9.17, 15) is 22.0 Å². The molecule has 206 valence electrons. The molecule has 1 aromatic heterocycles. The number of benzene rings is 2. The molecule has 1 amide bonds. The number of anilines is 5. The van der Waals surface area contributed by atoms with Crippen LogP contribution < -0.4 is 20.3 Å². The smallest absolute Gasteiger partial charge is 0.416 e. The molecular formula is C26H28F2N6O4S. The number of hydrogen-bond donors (Lipinski definition) is 3. The Labute approximate surface area is 225 Å². The number of nitrogens with zero attached hydrogens (tertiary/aromatic N) is 3. The van der Waals surface area contributed by atoms with E-state index in [0.29, 0.717) is 16.8 Å². The van der Waals surface area contributed by atoms with Crippen molar-refractivity contribution in [2.75, 3.05) is 26.9 Å². The van der Waals surface area contributed by atoms with Crippen molar-refractivity contribution in [1.82, 2.24) is 9.97 Å². The van der Waals surface area contributed by atoms with Gasteiger partial charge in [-0.25, -0.2) is 27.0 Å². The second-order valence-corrected chi connectivity index (χ2v) is 10.9. The number of nitrogens with one attached hydrogen (secondary N) is 3. The Hall–Kier alpha value is -4.26. The largest absolute Gasteiger partial charge is 0.447 e. The molecule has 0 saturated carbocycles. The molecule has 39 heavy (non-hydrogen) atoms. The minimum absolute atomic E-state index is 0.0350. The molecule has 0 aliphatic carbocycles. The van der Waals surface area contributed by atoms with E-state index in [0.717, 1.165) is 11.8 Å². The quantitative estimate of drug-likeness (QED) is 0.296. The zero-order chi connectivity index (χ0) is 28.3. The molecule has 3 N–H and O–H groups in total. The molecule has 3 aromatic rings. The second kappa shape index (κ2) is 11.2. The first kappa shape index (κ1) is 27.8. The Morgan fingerprint density at radius 2 is 1.79 bits per heavy atom. The molecule has 0 bridgehead atoms. The van der Waals surface area contributed by atoms with E-state index in [1.807, 2.05) is 32.9 Å². The summed E-state index contributed by atoms with van der Waals surface area (Å²) >= 11 is 0. The maximum atomic E-state index is 14.6. The Balaban J connectivity index is 1.44. The Morgan fingerprint density at radius 3 is 2.44 bits per heavy atom. The molecule has 1 saturated heterocycles. The van der Waals surface area contributed by atoms with Crippen LogP contribution in [0.4, 0.5) is 42.4 Å². The highest BCUT2D eigenvalue weighted by atomic mass is 32.2.